The van der Waals surface area contributed by atoms with Crippen molar-refractivity contribution in [1.82, 2.24) is 15.1 Å². The minimum Gasteiger partial charge on any atom is -1.00 e. The molecule has 3 nitrogen and oxygen atoms in total. The van der Waals surface area contributed by atoms with Gasteiger partial charge in [0.05, 0.1) is 0 Å². The Hall–Kier alpha value is 0.684. The summed E-state index contributed by atoms with van der Waals surface area (Å²) in [5.74, 6) is 0. The first kappa shape index (κ1) is 26.9. The third-order valence-corrected chi connectivity index (χ3v) is 5.93. The van der Waals surface area contributed by atoms with Crippen LogP contribution in [0.15, 0.2) is 30.3 Å². The Morgan fingerprint density at radius 3 is 2.21 bits per heavy atom. The summed E-state index contributed by atoms with van der Waals surface area (Å²) in [6.07, 6.45) is 3.64. The average molecular weight is 429 g/mol. The zero-order chi connectivity index (χ0) is 15.1. The first-order valence-electron chi connectivity index (χ1n) is 8.04. The molecule has 0 bridgehead atoms. The van der Waals surface area contributed by atoms with Gasteiger partial charge in [0.1, 0.15) is 0 Å². The topological polar surface area (TPSA) is 18.5 Å². The van der Waals surface area contributed by atoms with Crippen molar-refractivity contribution < 1.29 is 57.7 Å². The van der Waals surface area contributed by atoms with Crippen LogP contribution in [-0.4, -0.2) is 56.6 Å². The molecular formula is C17H28Cl3N3Ti. The van der Waals surface area contributed by atoms with E-state index >= 15 is 0 Å². The predicted molar refractivity (Wildman–Crippen MR) is 85.0 cm³/mol. The summed E-state index contributed by atoms with van der Waals surface area (Å²) in [5, 5.41) is 3.62. The molecule has 136 valence electrons. The number of hydrogen-bond acceptors (Lipinski definition) is 3. The number of nitrogens with zero attached hydrogens (tertiary/aromatic N) is 2. The molecule has 1 unspecified atom stereocenters. The summed E-state index contributed by atoms with van der Waals surface area (Å²) in [6.45, 7) is 5.75. The molecular weight excluding hydrogens is 400 g/mol. The molecule has 1 heterocycles. The van der Waals surface area contributed by atoms with Crippen molar-refractivity contribution >= 4 is 0 Å². The van der Waals surface area contributed by atoms with Crippen LogP contribution >= 0.6 is 0 Å². The van der Waals surface area contributed by atoms with Crippen LogP contribution in [0, 0.1) is 0 Å². The average Bonchev–Trinajstić information content (AvgIpc) is 2.50. The molecule has 24 heavy (non-hydrogen) atoms. The first-order valence-corrected chi connectivity index (χ1v) is 8.82. The largest absolute Gasteiger partial charge is 1.00 e. The number of nitrogens with one attached hydrogen (secondary N) is 1. The van der Waals surface area contributed by atoms with Gasteiger partial charge in [-0.25, -0.2) is 0 Å². The Balaban J connectivity index is 0. The van der Waals surface area contributed by atoms with Crippen LogP contribution in [0.4, 0.5) is 0 Å². The van der Waals surface area contributed by atoms with Crippen LogP contribution in [0.5, 0.6) is 0 Å². The molecule has 1 aliphatic rings. The van der Waals surface area contributed by atoms with Crippen molar-refractivity contribution in [1.29, 1.82) is 0 Å². The van der Waals surface area contributed by atoms with Gasteiger partial charge in [0.15, 0.2) is 0 Å². The molecule has 1 aliphatic heterocycles. The quantitative estimate of drug-likeness (QED) is 0.449. The van der Waals surface area contributed by atoms with E-state index in [-0.39, 0.29) is 41.1 Å². The van der Waals surface area contributed by atoms with Gasteiger partial charge in [-0.2, -0.15) is 0 Å². The van der Waals surface area contributed by atoms with Crippen LogP contribution in [0.2, 0.25) is 0 Å². The van der Waals surface area contributed by atoms with Gasteiger partial charge < -0.3 is 37.2 Å². The zero-order valence-corrected chi connectivity index (χ0v) is 18.4. The number of rotatable bonds is 1. The first-order chi connectivity index (χ1) is 10.1. The van der Waals surface area contributed by atoms with Crippen molar-refractivity contribution in [3.8, 4) is 0 Å². The van der Waals surface area contributed by atoms with E-state index in [4.69, 9.17) is 0 Å². The fraction of sp³-hybridized carbons (Fsp3) is 0.647. The zero-order valence-electron chi connectivity index (χ0n) is 14.6. The van der Waals surface area contributed by atoms with E-state index < -0.39 is 0 Å². The number of halogens is 3. The van der Waals surface area contributed by atoms with Gasteiger partial charge in [-0.05, 0) is 0 Å². The summed E-state index contributed by atoms with van der Waals surface area (Å²) < 4.78 is 0.117. The monoisotopic (exact) mass is 427 g/mol. The molecule has 0 aromatic heterocycles. The molecule has 1 fully saturated rings. The summed E-state index contributed by atoms with van der Waals surface area (Å²) in [6, 6.07) is 11.0. The maximum absolute atomic E-state index is 3.62. The van der Waals surface area contributed by atoms with E-state index in [1.54, 1.807) is 0 Å². The van der Waals surface area contributed by atoms with Gasteiger partial charge in [-0.15, -0.1) is 0 Å². The van der Waals surface area contributed by atoms with Gasteiger partial charge in [0, 0.05) is 0 Å². The van der Waals surface area contributed by atoms with Crippen molar-refractivity contribution in [2.45, 2.75) is 23.1 Å². The van der Waals surface area contributed by atoms with E-state index in [0.29, 0.717) is 0 Å². The SMILES string of the molecule is CN1CCCNCC[C]([Ti+3])(c2ccccc2)N(C)CCC1.[Cl-].[Cl-].[Cl-]. The Morgan fingerprint density at radius 2 is 1.54 bits per heavy atom. The maximum atomic E-state index is 3.62. The third kappa shape index (κ3) is 7.93. The summed E-state index contributed by atoms with van der Waals surface area (Å²) in [5.41, 5.74) is 1.43. The van der Waals surface area contributed by atoms with Gasteiger partial charge in [-0.1, -0.05) is 0 Å². The normalized spacial score (nSPS) is 24.3. The second-order valence-corrected chi connectivity index (χ2v) is 7.45. The van der Waals surface area contributed by atoms with Crippen LogP contribution in [0.25, 0.3) is 0 Å². The fourth-order valence-corrected chi connectivity index (χ4v) is 3.65. The van der Waals surface area contributed by atoms with Gasteiger partial charge in [0.2, 0.25) is 0 Å². The van der Waals surface area contributed by atoms with E-state index in [2.05, 4.69) is 80.0 Å². The van der Waals surface area contributed by atoms with E-state index in [9.17, 15) is 0 Å². The Kier molecular flexibility index (Phi) is 15.5. The Labute approximate surface area is 177 Å². The standard InChI is InChI=1S/C17H28N3.3ClH.Ti/c1-19-13-6-11-18-12-10-17(20(2)15-7-14-19)16-8-4-3-5-9-16;;;;/h3-5,8-9,18H,6-7,10-15H2,1-2H3;3*1H;/q;;;;+3/p-3. The number of hydrogen-bond donors (Lipinski definition) is 1. The third-order valence-electron chi connectivity index (χ3n) is 4.49. The molecule has 0 aliphatic carbocycles. The maximum Gasteiger partial charge on any atom is -1.00 e. The Morgan fingerprint density at radius 1 is 0.917 bits per heavy atom. The minimum absolute atomic E-state index is 0. The van der Waals surface area contributed by atoms with Crippen molar-refractivity contribution in [2.24, 2.45) is 0 Å². The molecule has 2 rings (SSSR count). The molecule has 1 saturated heterocycles. The van der Waals surface area contributed by atoms with Crippen LogP contribution in [0.1, 0.15) is 24.8 Å². The molecule has 0 spiro atoms. The predicted octanol–water partition coefficient (Wildman–Crippen LogP) is -6.96. The second kappa shape index (κ2) is 13.8. The van der Waals surface area contributed by atoms with E-state index in [0.717, 1.165) is 26.1 Å². The molecule has 0 radical (unpaired) electrons. The van der Waals surface area contributed by atoms with Crippen molar-refractivity contribution in [3.63, 3.8) is 0 Å². The van der Waals surface area contributed by atoms with Crippen LogP contribution in [0.3, 0.4) is 0 Å². The summed E-state index contributed by atoms with van der Waals surface area (Å²) >= 11 is 2.39. The molecule has 0 amide bonds. The molecule has 0 saturated carbocycles. The van der Waals surface area contributed by atoms with E-state index in [1.165, 1.54) is 31.5 Å². The minimum atomic E-state index is 0. The molecule has 1 aromatic rings. The second-order valence-electron chi connectivity index (χ2n) is 6.16. The van der Waals surface area contributed by atoms with Gasteiger partial charge >= 0.3 is 141 Å². The molecule has 1 atom stereocenters. The summed E-state index contributed by atoms with van der Waals surface area (Å²) in [4.78, 5) is 5.00. The van der Waals surface area contributed by atoms with Crippen molar-refractivity contribution in [3.05, 3.63) is 35.9 Å². The number of benzene rings is 1. The van der Waals surface area contributed by atoms with Gasteiger partial charge in [0.25, 0.3) is 0 Å². The van der Waals surface area contributed by atoms with E-state index in [1.807, 2.05) is 0 Å². The Bertz CT molecular complexity index is 425. The van der Waals surface area contributed by atoms with Crippen molar-refractivity contribution in [2.75, 3.05) is 46.8 Å². The molecule has 7 heteroatoms. The van der Waals surface area contributed by atoms with Gasteiger partial charge in [-0.3, -0.25) is 0 Å². The van der Waals surface area contributed by atoms with Crippen LogP contribution in [-0.2, 0) is 24.3 Å². The molecule has 1 aromatic carbocycles. The summed E-state index contributed by atoms with van der Waals surface area (Å²) in [7, 11) is 4.51. The van der Waals surface area contributed by atoms with Crippen LogP contribution < -0.4 is 42.5 Å². The fourth-order valence-electron chi connectivity index (χ4n) is 3.02. The smallest absolute Gasteiger partial charge is 1.00 e. The molecule has 1 N–H and O–H groups in total.